The number of fused-ring (bicyclic) bond motifs is 3. The minimum Gasteiger partial charge on any atom is -0.497 e. The van der Waals surface area contributed by atoms with Gasteiger partial charge in [-0.15, -0.1) is 0 Å². The Balaban J connectivity index is 1.82. The third kappa shape index (κ3) is 3.76. The molecule has 4 rings (SSSR count). The Morgan fingerprint density at radius 2 is 2.03 bits per heavy atom. The zero-order valence-electron chi connectivity index (χ0n) is 17.0. The maximum Gasteiger partial charge on any atom is 0.157 e. The summed E-state index contributed by atoms with van der Waals surface area (Å²) in [6.45, 7) is 3.86. The number of ether oxygens (including phenoxy) is 1. The van der Waals surface area contributed by atoms with Gasteiger partial charge in [0.1, 0.15) is 5.75 Å². The highest BCUT2D eigenvalue weighted by atomic mass is 79.9. The molecule has 1 aliphatic carbocycles. The van der Waals surface area contributed by atoms with Crippen LogP contribution >= 0.6 is 15.9 Å². The van der Waals surface area contributed by atoms with Gasteiger partial charge in [-0.05, 0) is 55.2 Å². The molecule has 0 spiro atoms. The Morgan fingerprint density at radius 3 is 2.72 bits per heavy atom. The van der Waals surface area contributed by atoms with Crippen molar-refractivity contribution in [3.63, 3.8) is 0 Å². The first-order valence-corrected chi connectivity index (χ1v) is 10.8. The largest absolute Gasteiger partial charge is 0.497 e. The SMILES string of the molecule is CCC(=O)/C=C(/C)N1N=C2c3cc(OC)ccc3CCC2C1c1ccc(Br)cc1. The average Bonchev–Trinajstić information content (AvgIpc) is 3.14. The third-order valence-corrected chi connectivity index (χ3v) is 6.35. The summed E-state index contributed by atoms with van der Waals surface area (Å²) in [6, 6.07) is 14.8. The fraction of sp³-hybridized carbons (Fsp3) is 0.333. The second-order valence-electron chi connectivity index (χ2n) is 7.60. The van der Waals surface area contributed by atoms with Gasteiger partial charge in [-0.2, -0.15) is 5.10 Å². The van der Waals surface area contributed by atoms with Gasteiger partial charge in [-0.25, -0.2) is 0 Å². The molecule has 0 radical (unpaired) electrons. The van der Waals surface area contributed by atoms with Gasteiger partial charge in [-0.1, -0.05) is 41.1 Å². The number of carbonyl (C=O) groups excluding carboxylic acids is 1. The van der Waals surface area contributed by atoms with Crippen molar-refractivity contribution >= 4 is 27.4 Å². The van der Waals surface area contributed by atoms with Crippen molar-refractivity contribution in [2.45, 2.75) is 39.2 Å². The second-order valence-corrected chi connectivity index (χ2v) is 8.52. The summed E-state index contributed by atoms with van der Waals surface area (Å²) in [5.74, 6) is 1.24. The van der Waals surface area contributed by atoms with E-state index < -0.39 is 0 Å². The van der Waals surface area contributed by atoms with Crippen LogP contribution in [0, 0.1) is 5.92 Å². The highest BCUT2D eigenvalue weighted by Gasteiger charge is 2.42. The number of halogens is 1. The summed E-state index contributed by atoms with van der Waals surface area (Å²) >= 11 is 3.53. The number of ketones is 1. The normalized spacial score (nSPS) is 20.8. The molecule has 150 valence electrons. The maximum absolute atomic E-state index is 12.1. The average molecular weight is 453 g/mol. The molecule has 2 aromatic rings. The molecule has 0 bridgehead atoms. The molecule has 0 amide bonds. The van der Waals surface area contributed by atoms with Crippen LogP contribution in [-0.2, 0) is 11.2 Å². The molecule has 0 saturated heterocycles. The van der Waals surface area contributed by atoms with Crippen molar-refractivity contribution in [3.8, 4) is 5.75 Å². The monoisotopic (exact) mass is 452 g/mol. The Morgan fingerprint density at radius 1 is 1.28 bits per heavy atom. The molecule has 0 saturated carbocycles. The number of nitrogens with zero attached hydrogens (tertiary/aromatic N) is 2. The number of allylic oxidation sites excluding steroid dienone is 2. The number of benzene rings is 2. The number of methoxy groups -OCH3 is 1. The van der Waals surface area contributed by atoms with E-state index in [9.17, 15) is 4.79 Å². The number of hydrazone groups is 1. The molecule has 5 heteroatoms. The van der Waals surface area contributed by atoms with E-state index in [2.05, 4.69) is 52.3 Å². The molecule has 1 heterocycles. The predicted octanol–water partition coefficient (Wildman–Crippen LogP) is 5.66. The summed E-state index contributed by atoms with van der Waals surface area (Å²) in [5, 5.41) is 7.10. The van der Waals surface area contributed by atoms with E-state index in [1.165, 1.54) is 16.7 Å². The van der Waals surface area contributed by atoms with Crippen molar-refractivity contribution < 1.29 is 9.53 Å². The fourth-order valence-corrected chi connectivity index (χ4v) is 4.57. The molecule has 2 aliphatic rings. The van der Waals surface area contributed by atoms with Gasteiger partial charge in [0.05, 0.1) is 18.9 Å². The predicted molar refractivity (Wildman–Crippen MR) is 119 cm³/mol. The summed E-state index contributed by atoms with van der Waals surface area (Å²) in [5.41, 5.74) is 5.66. The van der Waals surface area contributed by atoms with Gasteiger partial charge < -0.3 is 4.74 Å². The molecule has 0 N–H and O–H groups in total. The fourth-order valence-electron chi connectivity index (χ4n) is 4.30. The van der Waals surface area contributed by atoms with E-state index in [1.54, 1.807) is 13.2 Å². The summed E-state index contributed by atoms with van der Waals surface area (Å²) < 4.78 is 6.52. The van der Waals surface area contributed by atoms with Gasteiger partial charge in [0, 0.05) is 34.1 Å². The van der Waals surface area contributed by atoms with Crippen molar-refractivity contribution in [2.24, 2.45) is 11.0 Å². The lowest BCUT2D eigenvalue weighted by Gasteiger charge is -2.31. The number of hydrogen-bond donors (Lipinski definition) is 0. The lowest BCUT2D eigenvalue weighted by atomic mass is 9.77. The van der Waals surface area contributed by atoms with E-state index in [0.717, 1.165) is 34.5 Å². The van der Waals surface area contributed by atoms with Gasteiger partial charge in [0.15, 0.2) is 5.78 Å². The number of aryl methyl sites for hydroxylation is 1. The van der Waals surface area contributed by atoms with Crippen LogP contribution < -0.4 is 4.74 Å². The molecule has 29 heavy (non-hydrogen) atoms. The van der Waals surface area contributed by atoms with Crippen LogP contribution in [0.15, 0.2) is 63.8 Å². The van der Waals surface area contributed by atoms with Crippen LogP contribution in [0.3, 0.4) is 0 Å². The summed E-state index contributed by atoms with van der Waals surface area (Å²) in [7, 11) is 1.69. The summed E-state index contributed by atoms with van der Waals surface area (Å²) in [4.78, 5) is 12.1. The van der Waals surface area contributed by atoms with Crippen LogP contribution in [0.25, 0.3) is 0 Å². The molecule has 2 unspecified atom stereocenters. The Labute approximate surface area is 180 Å². The molecule has 0 aromatic heterocycles. The van der Waals surface area contributed by atoms with Crippen molar-refractivity contribution in [1.29, 1.82) is 0 Å². The highest BCUT2D eigenvalue weighted by Crippen LogP contribution is 2.45. The topological polar surface area (TPSA) is 41.9 Å². The molecule has 2 aromatic carbocycles. The lowest BCUT2D eigenvalue weighted by Crippen LogP contribution is -2.28. The Hall–Kier alpha value is -2.40. The second kappa shape index (κ2) is 8.15. The maximum atomic E-state index is 12.1. The first-order valence-electron chi connectivity index (χ1n) is 10.0. The molecule has 2 atom stereocenters. The van der Waals surface area contributed by atoms with E-state index >= 15 is 0 Å². The van der Waals surface area contributed by atoms with Crippen molar-refractivity contribution in [1.82, 2.24) is 5.01 Å². The van der Waals surface area contributed by atoms with E-state index in [-0.39, 0.29) is 17.7 Å². The molecular formula is C24H25BrN2O2. The number of carbonyl (C=O) groups is 1. The van der Waals surface area contributed by atoms with Crippen molar-refractivity contribution in [3.05, 3.63) is 75.4 Å². The third-order valence-electron chi connectivity index (χ3n) is 5.82. The van der Waals surface area contributed by atoms with Crippen LogP contribution in [0.4, 0.5) is 0 Å². The molecule has 4 nitrogen and oxygen atoms in total. The summed E-state index contributed by atoms with van der Waals surface area (Å²) in [6.07, 6.45) is 4.26. The zero-order valence-corrected chi connectivity index (χ0v) is 18.6. The van der Waals surface area contributed by atoms with Crippen LogP contribution in [-0.4, -0.2) is 23.6 Å². The minimum absolute atomic E-state index is 0.0818. The van der Waals surface area contributed by atoms with Crippen molar-refractivity contribution in [2.75, 3.05) is 7.11 Å². The quantitative estimate of drug-likeness (QED) is 0.549. The molecule has 0 fully saturated rings. The van der Waals surface area contributed by atoms with Gasteiger partial charge in [-0.3, -0.25) is 9.80 Å². The smallest absolute Gasteiger partial charge is 0.157 e. The molecular weight excluding hydrogens is 428 g/mol. The first-order chi connectivity index (χ1) is 14.0. The van der Waals surface area contributed by atoms with Gasteiger partial charge >= 0.3 is 0 Å². The Bertz CT molecular complexity index is 994. The minimum atomic E-state index is 0.0818. The van der Waals surface area contributed by atoms with Gasteiger partial charge in [0.2, 0.25) is 0 Å². The molecule has 1 aliphatic heterocycles. The van der Waals surface area contributed by atoms with Crippen LogP contribution in [0.2, 0.25) is 0 Å². The van der Waals surface area contributed by atoms with E-state index in [1.807, 2.05) is 24.9 Å². The highest BCUT2D eigenvalue weighted by molar-refractivity contribution is 9.10. The van der Waals surface area contributed by atoms with Gasteiger partial charge in [0.25, 0.3) is 0 Å². The zero-order chi connectivity index (χ0) is 20.5. The number of rotatable bonds is 5. The van der Waals surface area contributed by atoms with E-state index in [4.69, 9.17) is 9.84 Å². The van der Waals surface area contributed by atoms with Crippen LogP contribution in [0.5, 0.6) is 5.75 Å². The van der Waals surface area contributed by atoms with E-state index in [0.29, 0.717) is 6.42 Å². The lowest BCUT2D eigenvalue weighted by molar-refractivity contribution is -0.114. The Kier molecular flexibility index (Phi) is 5.59. The first kappa shape index (κ1) is 19.9. The van der Waals surface area contributed by atoms with Crippen LogP contribution in [0.1, 0.15) is 49.4 Å². The number of hydrogen-bond acceptors (Lipinski definition) is 4. The standard InChI is InChI=1S/C24H25BrN2O2/c1-4-19(28)13-15(2)27-24(17-5-9-18(25)10-6-17)21-12-8-16-7-11-20(29-3)14-22(16)23(21)26-27/h5-7,9-11,13-14,21,24H,4,8,12H2,1-3H3/b15-13-.